The van der Waals surface area contributed by atoms with Crippen LogP contribution in [0.3, 0.4) is 0 Å². The molecule has 0 aromatic heterocycles. The van der Waals surface area contributed by atoms with Crippen molar-refractivity contribution in [3.63, 3.8) is 0 Å². The van der Waals surface area contributed by atoms with Gasteiger partial charge in [-0.2, -0.15) is 0 Å². The zero-order valence-electron chi connectivity index (χ0n) is 11.9. The molecular formula is C15H25NO3. The highest BCUT2D eigenvalue weighted by Gasteiger charge is 2.50. The minimum atomic E-state index is -0.379. The molecule has 4 heteroatoms. The van der Waals surface area contributed by atoms with Crippen molar-refractivity contribution >= 4 is 5.91 Å². The molecule has 2 saturated carbocycles. The second-order valence-electron chi connectivity index (χ2n) is 6.74. The molecule has 19 heavy (non-hydrogen) atoms. The molecule has 2 aliphatic carbocycles. The summed E-state index contributed by atoms with van der Waals surface area (Å²) in [5.41, 5.74) is -0.603. The molecule has 0 aromatic rings. The molecule has 1 aliphatic heterocycles. The van der Waals surface area contributed by atoms with E-state index in [1.54, 1.807) is 7.11 Å². The monoisotopic (exact) mass is 267 g/mol. The summed E-state index contributed by atoms with van der Waals surface area (Å²) in [5.74, 6) is 0.707. The van der Waals surface area contributed by atoms with E-state index in [4.69, 9.17) is 4.74 Å². The highest BCUT2D eigenvalue weighted by atomic mass is 16.5. The molecule has 0 aromatic carbocycles. The van der Waals surface area contributed by atoms with Crippen LogP contribution in [0.4, 0.5) is 0 Å². The fourth-order valence-corrected chi connectivity index (χ4v) is 3.79. The summed E-state index contributed by atoms with van der Waals surface area (Å²) in [6, 6.07) is 0. The fraction of sp³-hybridized carbons (Fsp3) is 0.933. The van der Waals surface area contributed by atoms with Crippen molar-refractivity contribution in [1.82, 2.24) is 4.90 Å². The summed E-state index contributed by atoms with van der Waals surface area (Å²) in [4.78, 5) is 14.7. The topological polar surface area (TPSA) is 49.8 Å². The van der Waals surface area contributed by atoms with Gasteiger partial charge in [-0.05, 0) is 44.4 Å². The van der Waals surface area contributed by atoms with E-state index in [2.05, 4.69) is 0 Å². The van der Waals surface area contributed by atoms with Gasteiger partial charge < -0.3 is 14.7 Å². The van der Waals surface area contributed by atoms with Gasteiger partial charge in [0, 0.05) is 20.2 Å². The van der Waals surface area contributed by atoms with Crippen LogP contribution >= 0.6 is 0 Å². The Kier molecular flexibility index (Phi) is 3.34. The Morgan fingerprint density at radius 3 is 2.32 bits per heavy atom. The first-order chi connectivity index (χ1) is 9.10. The first-order valence-corrected chi connectivity index (χ1v) is 7.60. The van der Waals surface area contributed by atoms with Crippen LogP contribution in [0.1, 0.15) is 44.9 Å². The summed E-state index contributed by atoms with van der Waals surface area (Å²) in [5, 5.41) is 10.2. The molecule has 1 heterocycles. The Balaban J connectivity index is 1.57. The number of carbonyl (C=O) groups excluding carboxylic acids is 1. The third kappa shape index (κ3) is 2.29. The van der Waals surface area contributed by atoms with Gasteiger partial charge in [0.05, 0.1) is 17.6 Å². The number of hydrogen-bond acceptors (Lipinski definition) is 3. The third-order valence-electron chi connectivity index (χ3n) is 5.49. The second-order valence-corrected chi connectivity index (χ2v) is 6.74. The Labute approximate surface area is 115 Å². The standard InChI is InChI=1S/C15H25NO3/c1-19-11-14(5-2-6-14)13(17)16-9-3-12(4-10-16)15(18)7-8-15/h12,18H,2-11H2,1H3. The van der Waals surface area contributed by atoms with E-state index in [0.717, 1.165) is 58.0 Å². The van der Waals surface area contributed by atoms with Crippen LogP contribution in [0.15, 0.2) is 0 Å². The first kappa shape index (κ1) is 13.4. The second kappa shape index (κ2) is 4.74. The third-order valence-corrected chi connectivity index (χ3v) is 5.49. The molecular weight excluding hydrogens is 242 g/mol. The lowest BCUT2D eigenvalue weighted by atomic mass is 9.68. The lowest BCUT2D eigenvalue weighted by molar-refractivity contribution is -0.154. The van der Waals surface area contributed by atoms with Crippen LogP contribution in [0, 0.1) is 11.3 Å². The van der Waals surface area contributed by atoms with Crippen LogP contribution in [-0.4, -0.2) is 48.3 Å². The van der Waals surface area contributed by atoms with Gasteiger partial charge in [0.1, 0.15) is 0 Å². The molecule has 1 saturated heterocycles. The van der Waals surface area contributed by atoms with E-state index in [-0.39, 0.29) is 11.0 Å². The molecule has 3 rings (SSSR count). The number of likely N-dealkylation sites (tertiary alicyclic amines) is 1. The zero-order valence-corrected chi connectivity index (χ0v) is 11.9. The van der Waals surface area contributed by atoms with Crippen LogP contribution < -0.4 is 0 Å². The molecule has 1 amide bonds. The van der Waals surface area contributed by atoms with E-state index in [9.17, 15) is 9.90 Å². The van der Waals surface area contributed by atoms with Crippen molar-refractivity contribution in [2.24, 2.45) is 11.3 Å². The maximum atomic E-state index is 12.6. The lowest BCUT2D eigenvalue weighted by Crippen LogP contribution is -2.53. The van der Waals surface area contributed by atoms with Crippen LogP contribution in [0.25, 0.3) is 0 Å². The van der Waals surface area contributed by atoms with Gasteiger partial charge >= 0.3 is 0 Å². The van der Waals surface area contributed by atoms with Gasteiger partial charge in [0.2, 0.25) is 5.91 Å². The maximum absolute atomic E-state index is 12.6. The minimum Gasteiger partial charge on any atom is -0.390 e. The Morgan fingerprint density at radius 1 is 1.26 bits per heavy atom. The van der Waals surface area contributed by atoms with Gasteiger partial charge in [-0.3, -0.25) is 4.79 Å². The lowest BCUT2D eigenvalue weighted by Gasteiger charge is -2.45. The smallest absolute Gasteiger partial charge is 0.231 e. The van der Waals surface area contributed by atoms with Crippen molar-refractivity contribution in [3.8, 4) is 0 Å². The predicted octanol–water partition coefficient (Wildman–Crippen LogP) is 1.57. The van der Waals surface area contributed by atoms with Crippen molar-refractivity contribution in [3.05, 3.63) is 0 Å². The number of methoxy groups -OCH3 is 1. The van der Waals surface area contributed by atoms with E-state index < -0.39 is 0 Å². The molecule has 108 valence electrons. The number of nitrogens with zero attached hydrogens (tertiary/aromatic N) is 1. The number of rotatable bonds is 4. The van der Waals surface area contributed by atoms with Crippen molar-refractivity contribution in [2.75, 3.05) is 26.8 Å². The van der Waals surface area contributed by atoms with Gasteiger partial charge in [-0.1, -0.05) is 6.42 Å². The van der Waals surface area contributed by atoms with E-state index in [1.165, 1.54) is 0 Å². The normalized spacial score (nSPS) is 28.8. The van der Waals surface area contributed by atoms with E-state index in [0.29, 0.717) is 18.4 Å². The number of hydrogen-bond donors (Lipinski definition) is 1. The molecule has 4 nitrogen and oxygen atoms in total. The number of amides is 1. The van der Waals surface area contributed by atoms with Crippen LogP contribution in [0.5, 0.6) is 0 Å². The summed E-state index contributed by atoms with van der Waals surface area (Å²) < 4.78 is 5.26. The summed E-state index contributed by atoms with van der Waals surface area (Å²) in [6.45, 7) is 2.20. The molecule has 1 N–H and O–H groups in total. The largest absolute Gasteiger partial charge is 0.390 e. The average molecular weight is 267 g/mol. The van der Waals surface area contributed by atoms with E-state index >= 15 is 0 Å². The van der Waals surface area contributed by atoms with Crippen molar-refractivity contribution < 1.29 is 14.6 Å². The number of carbonyl (C=O) groups is 1. The van der Waals surface area contributed by atoms with Crippen LogP contribution in [-0.2, 0) is 9.53 Å². The van der Waals surface area contributed by atoms with Gasteiger partial charge in [-0.25, -0.2) is 0 Å². The maximum Gasteiger partial charge on any atom is 0.231 e. The molecule has 0 radical (unpaired) electrons. The molecule has 3 aliphatic rings. The molecule has 0 atom stereocenters. The van der Waals surface area contributed by atoms with Crippen molar-refractivity contribution in [1.29, 1.82) is 0 Å². The number of ether oxygens (including phenoxy) is 1. The number of piperidine rings is 1. The minimum absolute atomic E-state index is 0.224. The Morgan fingerprint density at radius 2 is 1.89 bits per heavy atom. The summed E-state index contributed by atoms with van der Waals surface area (Å²) in [6.07, 6.45) is 6.94. The van der Waals surface area contributed by atoms with Crippen LogP contribution in [0.2, 0.25) is 0 Å². The SMILES string of the molecule is COCC1(C(=O)N2CCC(C3(O)CC3)CC2)CCC1. The average Bonchev–Trinajstić information content (AvgIpc) is 3.13. The summed E-state index contributed by atoms with van der Waals surface area (Å²) in [7, 11) is 1.68. The van der Waals surface area contributed by atoms with Gasteiger partial charge in [0.25, 0.3) is 0 Å². The van der Waals surface area contributed by atoms with Crippen molar-refractivity contribution in [2.45, 2.75) is 50.5 Å². The summed E-state index contributed by atoms with van der Waals surface area (Å²) >= 11 is 0. The molecule has 3 fully saturated rings. The first-order valence-electron chi connectivity index (χ1n) is 7.60. The van der Waals surface area contributed by atoms with Gasteiger partial charge in [0.15, 0.2) is 0 Å². The van der Waals surface area contributed by atoms with E-state index in [1.807, 2.05) is 4.90 Å². The Bertz CT molecular complexity index is 352. The highest BCUT2D eigenvalue weighted by molar-refractivity contribution is 5.84. The molecule has 0 unspecified atom stereocenters. The predicted molar refractivity (Wildman–Crippen MR) is 71.6 cm³/mol. The molecule has 0 spiro atoms. The highest BCUT2D eigenvalue weighted by Crippen LogP contribution is 2.48. The zero-order chi connectivity index (χ0) is 13.5. The number of aliphatic hydroxyl groups is 1. The fourth-order valence-electron chi connectivity index (χ4n) is 3.79. The molecule has 0 bridgehead atoms. The quantitative estimate of drug-likeness (QED) is 0.841. The Hall–Kier alpha value is -0.610. The van der Waals surface area contributed by atoms with Gasteiger partial charge in [-0.15, -0.1) is 0 Å².